The Morgan fingerprint density at radius 2 is 1.88 bits per heavy atom. The fraction of sp³-hybridized carbons (Fsp3) is 0.367. The number of benzene rings is 1. The number of Topliss-reactive ketones (excluding diaryl/α,β-unsaturated/α-hetero) is 1. The molecule has 4 rings (SSSR count). The van der Waals surface area contributed by atoms with Crippen molar-refractivity contribution in [3.05, 3.63) is 83.0 Å². The van der Waals surface area contributed by atoms with Crippen molar-refractivity contribution < 1.29 is 41.5 Å². The van der Waals surface area contributed by atoms with Crippen molar-refractivity contribution in [1.29, 1.82) is 0 Å². The molecule has 0 radical (unpaired) electrons. The van der Waals surface area contributed by atoms with Crippen LogP contribution in [0.5, 0.6) is 0 Å². The molecular weight excluding hydrogens is 569 g/mol. The zero-order chi connectivity index (χ0) is 31.3. The Bertz CT molecular complexity index is 1500. The summed E-state index contributed by atoms with van der Waals surface area (Å²) >= 11 is 0. The highest BCUT2D eigenvalue weighted by Gasteiger charge is 2.34. The fourth-order valence-corrected chi connectivity index (χ4v) is 4.77. The predicted molar refractivity (Wildman–Crippen MR) is 147 cm³/mol. The molecule has 0 spiro atoms. The molecule has 1 aliphatic rings. The third kappa shape index (κ3) is 7.79. The number of hydrogen-bond acceptors (Lipinski definition) is 6. The van der Waals surface area contributed by atoms with Gasteiger partial charge in [-0.3, -0.25) is 19.2 Å². The van der Waals surface area contributed by atoms with Crippen LogP contribution in [0.25, 0.3) is 11.3 Å². The number of aromatic nitrogens is 1. The van der Waals surface area contributed by atoms with Crippen LogP contribution < -0.4 is 15.4 Å². The normalized spacial score (nSPS) is 16.5. The highest BCUT2D eigenvalue weighted by atomic mass is 19.4. The standard InChI is InChI=1S/C30H31F3N4O6/c1-18(2)15-22(35-28(40)26-12-11-25(43-26)19-7-5-8-20(16-19)30(31,32)33)27(39)34-21-9-6-13-36(17-24(21)38)29(41)23-10-3-4-14-37(23)42/h3-5,7-8,10-12,14,16,18,21-22H,6,9,13,15,17H2,1-2H3,(H,34,39)(H,35,40)/t21?,22-/m0/s1. The van der Waals surface area contributed by atoms with E-state index in [-0.39, 0.29) is 54.6 Å². The second-order valence-electron chi connectivity index (χ2n) is 10.7. The van der Waals surface area contributed by atoms with Gasteiger partial charge in [-0.25, -0.2) is 0 Å². The second kappa shape index (κ2) is 13.1. The van der Waals surface area contributed by atoms with Crippen molar-refractivity contribution in [3.63, 3.8) is 0 Å². The van der Waals surface area contributed by atoms with Gasteiger partial charge in [0.15, 0.2) is 17.7 Å². The summed E-state index contributed by atoms with van der Waals surface area (Å²) in [6, 6.07) is 9.58. The summed E-state index contributed by atoms with van der Waals surface area (Å²) in [5, 5.41) is 17.3. The number of halogens is 3. The quantitative estimate of drug-likeness (QED) is 0.299. The highest BCUT2D eigenvalue weighted by Crippen LogP contribution is 2.32. The lowest BCUT2D eigenvalue weighted by molar-refractivity contribution is -0.608. The lowest BCUT2D eigenvalue weighted by atomic mass is 10.0. The first kappa shape index (κ1) is 31.3. The highest BCUT2D eigenvalue weighted by molar-refractivity contribution is 5.99. The van der Waals surface area contributed by atoms with E-state index in [9.17, 15) is 37.6 Å². The van der Waals surface area contributed by atoms with E-state index >= 15 is 0 Å². The molecule has 0 bridgehead atoms. The van der Waals surface area contributed by atoms with E-state index in [1.165, 1.54) is 47.5 Å². The van der Waals surface area contributed by atoms with Gasteiger partial charge in [0.25, 0.3) is 11.6 Å². The SMILES string of the molecule is CC(C)C[C@H](NC(=O)c1ccc(-c2cccc(C(F)(F)F)c2)o1)C(=O)NC1CCCN(C(=O)c2cccc[n+]2[O-])CC1=O. The Morgan fingerprint density at radius 1 is 1.12 bits per heavy atom. The van der Waals surface area contributed by atoms with E-state index in [1.807, 2.05) is 13.8 Å². The first-order valence-corrected chi connectivity index (χ1v) is 13.7. The molecule has 10 nitrogen and oxygen atoms in total. The van der Waals surface area contributed by atoms with Crippen molar-refractivity contribution in [2.24, 2.45) is 5.92 Å². The average molecular weight is 601 g/mol. The molecule has 13 heteroatoms. The lowest BCUT2D eigenvalue weighted by Crippen LogP contribution is -2.53. The number of nitrogens with zero attached hydrogens (tertiary/aromatic N) is 2. The van der Waals surface area contributed by atoms with Gasteiger partial charge in [-0.05, 0) is 55.5 Å². The summed E-state index contributed by atoms with van der Waals surface area (Å²) < 4.78 is 45.3. The Hall–Kier alpha value is -4.68. The number of amides is 3. The molecule has 43 heavy (non-hydrogen) atoms. The molecule has 2 aromatic heterocycles. The summed E-state index contributed by atoms with van der Waals surface area (Å²) in [4.78, 5) is 53.4. The third-order valence-electron chi connectivity index (χ3n) is 6.94. The Labute approximate surface area is 245 Å². The van der Waals surface area contributed by atoms with E-state index in [1.54, 1.807) is 6.07 Å². The minimum Gasteiger partial charge on any atom is -0.618 e. The fourth-order valence-electron chi connectivity index (χ4n) is 4.77. The predicted octanol–water partition coefficient (Wildman–Crippen LogP) is 3.73. The van der Waals surface area contributed by atoms with Gasteiger partial charge < -0.3 is 25.2 Å². The van der Waals surface area contributed by atoms with E-state index in [0.29, 0.717) is 11.2 Å². The molecule has 1 aliphatic heterocycles. The van der Waals surface area contributed by atoms with Crippen LogP contribution in [0.15, 0.2) is 65.2 Å². The van der Waals surface area contributed by atoms with Crippen LogP contribution in [0.3, 0.4) is 0 Å². The molecule has 1 saturated heterocycles. The summed E-state index contributed by atoms with van der Waals surface area (Å²) in [5.41, 5.74) is -0.857. The van der Waals surface area contributed by atoms with Gasteiger partial charge in [-0.15, -0.1) is 0 Å². The van der Waals surface area contributed by atoms with Crippen LogP contribution >= 0.6 is 0 Å². The number of rotatable bonds is 8. The van der Waals surface area contributed by atoms with Crippen LogP contribution in [-0.4, -0.2) is 53.6 Å². The molecule has 1 unspecified atom stereocenters. The molecule has 1 fully saturated rings. The van der Waals surface area contributed by atoms with Gasteiger partial charge in [0.1, 0.15) is 11.8 Å². The lowest BCUT2D eigenvalue weighted by Gasteiger charge is -2.23. The summed E-state index contributed by atoms with van der Waals surface area (Å²) in [6.07, 6.45) is -2.49. The zero-order valence-corrected chi connectivity index (χ0v) is 23.5. The van der Waals surface area contributed by atoms with E-state index in [4.69, 9.17) is 4.42 Å². The molecule has 228 valence electrons. The number of furan rings is 1. The maximum atomic E-state index is 13.3. The Kier molecular flexibility index (Phi) is 9.52. The number of carbonyl (C=O) groups excluding carboxylic acids is 4. The maximum absolute atomic E-state index is 13.3. The monoisotopic (exact) mass is 600 g/mol. The minimum atomic E-state index is -4.55. The largest absolute Gasteiger partial charge is 0.618 e. The number of carbonyl (C=O) groups is 4. The van der Waals surface area contributed by atoms with E-state index < -0.39 is 47.3 Å². The van der Waals surface area contributed by atoms with E-state index in [0.717, 1.165) is 12.1 Å². The van der Waals surface area contributed by atoms with E-state index in [2.05, 4.69) is 10.6 Å². The van der Waals surface area contributed by atoms with Gasteiger partial charge in [-0.2, -0.15) is 17.9 Å². The van der Waals surface area contributed by atoms with Crippen LogP contribution in [0, 0.1) is 11.1 Å². The van der Waals surface area contributed by atoms with Crippen LogP contribution in [0.2, 0.25) is 0 Å². The molecule has 0 aliphatic carbocycles. The molecule has 2 atom stereocenters. The van der Waals surface area contributed by atoms with Gasteiger partial charge >= 0.3 is 12.1 Å². The number of alkyl halides is 3. The minimum absolute atomic E-state index is 0.0315. The van der Waals surface area contributed by atoms with Crippen molar-refractivity contribution in [2.45, 2.75) is 51.4 Å². The molecule has 0 saturated carbocycles. The summed E-state index contributed by atoms with van der Waals surface area (Å²) in [5.74, 6) is -2.56. The van der Waals surface area contributed by atoms with Gasteiger partial charge in [-0.1, -0.05) is 26.0 Å². The van der Waals surface area contributed by atoms with Crippen molar-refractivity contribution >= 4 is 23.5 Å². The molecular formula is C30H31F3N4O6. The first-order valence-electron chi connectivity index (χ1n) is 13.7. The number of likely N-dealkylation sites (tertiary alicyclic amines) is 1. The maximum Gasteiger partial charge on any atom is 0.416 e. The van der Waals surface area contributed by atoms with Crippen molar-refractivity contribution in [1.82, 2.24) is 15.5 Å². The Balaban J connectivity index is 1.42. The molecule has 3 amide bonds. The van der Waals surface area contributed by atoms with Crippen molar-refractivity contribution in [3.8, 4) is 11.3 Å². The van der Waals surface area contributed by atoms with Crippen LogP contribution in [0.4, 0.5) is 13.2 Å². The third-order valence-corrected chi connectivity index (χ3v) is 6.94. The Morgan fingerprint density at radius 3 is 2.58 bits per heavy atom. The number of pyridine rings is 1. The number of hydrogen-bond donors (Lipinski definition) is 2. The summed E-state index contributed by atoms with van der Waals surface area (Å²) in [7, 11) is 0. The topological polar surface area (TPSA) is 136 Å². The molecule has 3 aromatic rings. The number of ketones is 1. The smallest absolute Gasteiger partial charge is 0.416 e. The molecule has 1 aromatic carbocycles. The van der Waals surface area contributed by atoms with Gasteiger partial charge in [0.05, 0.1) is 18.2 Å². The van der Waals surface area contributed by atoms with Gasteiger partial charge in [0, 0.05) is 24.2 Å². The van der Waals surface area contributed by atoms with Gasteiger partial charge in [0.2, 0.25) is 5.91 Å². The van der Waals surface area contributed by atoms with Crippen LogP contribution in [-0.2, 0) is 15.8 Å². The van der Waals surface area contributed by atoms with Crippen LogP contribution in [0.1, 0.15) is 59.7 Å². The average Bonchev–Trinajstić information content (AvgIpc) is 3.38. The molecule has 2 N–H and O–H groups in total. The summed E-state index contributed by atoms with van der Waals surface area (Å²) in [6.45, 7) is 3.60. The first-order chi connectivity index (χ1) is 20.3. The zero-order valence-electron chi connectivity index (χ0n) is 23.5. The number of nitrogens with one attached hydrogen (secondary N) is 2. The molecule has 3 heterocycles. The van der Waals surface area contributed by atoms with Crippen molar-refractivity contribution in [2.75, 3.05) is 13.1 Å². The second-order valence-corrected chi connectivity index (χ2v) is 10.7.